The van der Waals surface area contributed by atoms with Crippen LogP contribution in [0, 0.1) is 0 Å². The second-order valence-electron chi connectivity index (χ2n) is 7.38. The lowest BCUT2D eigenvalue weighted by atomic mass is 9.79. The summed E-state index contributed by atoms with van der Waals surface area (Å²) in [6.45, 7) is 0. The van der Waals surface area contributed by atoms with E-state index >= 15 is 0 Å². The van der Waals surface area contributed by atoms with Crippen LogP contribution in [0.1, 0.15) is 16.7 Å². The summed E-state index contributed by atoms with van der Waals surface area (Å²) in [5.74, 6) is 0. The van der Waals surface area contributed by atoms with Crippen molar-refractivity contribution >= 4 is 0 Å². The van der Waals surface area contributed by atoms with Crippen molar-refractivity contribution in [3.63, 3.8) is 0 Å². The van der Waals surface area contributed by atoms with Gasteiger partial charge in [-0.2, -0.15) is 0 Å². The molecule has 0 N–H and O–H groups in total. The van der Waals surface area contributed by atoms with Gasteiger partial charge < -0.3 is 4.74 Å². The van der Waals surface area contributed by atoms with Crippen LogP contribution in [0.3, 0.4) is 0 Å². The van der Waals surface area contributed by atoms with Crippen LogP contribution in [0.15, 0.2) is 114 Å². The minimum Gasteiger partial charge on any atom is -0.350 e. The molecule has 2 atom stereocenters. The summed E-state index contributed by atoms with van der Waals surface area (Å²) >= 11 is 0. The molecule has 5 rings (SSSR count). The molecule has 27 heavy (non-hydrogen) atoms. The normalized spacial score (nSPS) is 23.2. The Kier molecular flexibility index (Phi) is 4.03. The van der Waals surface area contributed by atoms with Gasteiger partial charge in [0.25, 0.3) is 0 Å². The first-order chi connectivity index (χ1) is 13.3. The predicted octanol–water partition coefficient (Wildman–Crippen LogP) is 5.63. The maximum Gasteiger partial charge on any atom is 0.134 e. The Hall–Kier alpha value is -2.90. The molecule has 2 heterocycles. The van der Waals surface area contributed by atoms with Crippen molar-refractivity contribution in [2.45, 2.75) is 24.5 Å². The monoisotopic (exact) mass is 350 g/mol. The molecule has 2 bridgehead atoms. The van der Waals surface area contributed by atoms with E-state index in [1.165, 1.54) is 27.8 Å². The average molecular weight is 350 g/mol. The summed E-state index contributed by atoms with van der Waals surface area (Å²) < 4.78 is 6.63. The highest BCUT2D eigenvalue weighted by atomic mass is 16.5. The van der Waals surface area contributed by atoms with E-state index in [4.69, 9.17) is 4.74 Å². The fraction of sp³-hybridized carbons (Fsp3) is 0.154. The Labute approximate surface area is 160 Å². The average Bonchev–Trinajstić information content (AvgIpc) is 3.27. The molecule has 132 valence electrons. The van der Waals surface area contributed by atoms with Gasteiger partial charge in [0, 0.05) is 0 Å². The highest BCUT2D eigenvalue weighted by Crippen LogP contribution is 2.50. The molecule has 0 radical (unpaired) electrons. The lowest BCUT2D eigenvalue weighted by Gasteiger charge is -2.28. The van der Waals surface area contributed by atoms with E-state index in [1.54, 1.807) is 0 Å². The van der Waals surface area contributed by atoms with E-state index in [2.05, 4.69) is 103 Å². The fourth-order valence-corrected chi connectivity index (χ4v) is 4.28. The van der Waals surface area contributed by atoms with E-state index in [0.717, 1.165) is 12.8 Å². The van der Waals surface area contributed by atoms with E-state index in [0.29, 0.717) is 0 Å². The van der Waals surface area contributed by atoms with Crippen LogP contribution in [-0.2, 0) is 23.2 Å². The first kappa shape index (κ1) is 16.3. The molecule has 0 fully saturated rings. The largest absolute Gasteiger partial charge is 0.350 e. The Morgan fingerprint density at radius 2 is 1.22 bits per heavy atom. The molecule has 2 aliphatic rings. The maximum atomic E-state index is 6.63. The maximum absolute atomic E-state index is 6.63. The summed E-state index contributed by atoms with van der Waals surface area (Å²) in [6, 6.07) is 32.0. The van der Waals surface area contributed by atoms with Crippen LogP contribution < -0.4 is 0 Å². The topological polar surface area (TPSA) is 9.23 Å². The summed E-state index contributed by atoms with van der Waals surface area (Å²) in [5.41, 5.74) is 6.17. The van der Waals surface area contributed by atoms with Gasteiger partial charge >= 0.3 is 0 Å². The molecule has 0 aromatic heterocycles. The number of hydrogen-bond acceptors (Lipinski definition) is 1. The molecular weight excluding hydrogens is 328 g/mol. The van der Waals surface area contributed by atoms with E-state index in [1.807, 2.05) is 0 Å². The minimum atomic E-state index is -0.425. The van der Waals surface area contributed by atoms with Gasteiger partial charge in [-0.05, 0) is 52.8 Å². The molecule has 0 unspecified atom stereocenters. The van der Waals surface area contributed by atoms with Crippen molar-refractivity contribution in [1.82, 2.24) is 0 Å². The Bertz CT molecular complexity index is 986. The van der Waals surface area contributed by atoms with Crippen LogP contribution in [-0.4, -0.2) is 6.10 Å². The molecule has 0 saturated carbocycles. The van der Waals surface area contributed by atoms with Crippen LogP contribution in [0.4, 0.5) is 0 Å². The van der Waals surface area contributed by atoms with Crippen molar-refractivity contribution in [3.05, 3.63) is 131 Å². The lowest BCUT2D eigenvalue weighted by molar-refractivity contribution is 0.0375. The van der Waals surface area contributed by atoms with Crippen LogP contribution in [0.2, 0.25) is 0 Å². The van der Waals surface area contributed by atoms with Gasteiger partial charge in [0.1, 0.15) is 5.60 Å². The van der Waals surface area contributed by atoms with Gasteiger partial charge in [0.05, 0.1) is 6.10 Å². The van der Waals surface area contributed by atoms with Gasteiger partial charge in [0.15, 0.2) is 0 Å². The summed E-state index contributed by atoms with van der Waals surface area (Å²) in [5, 5.41) is 0. The van der Waals surface area contributed by atoms with Crippen molar-refractivity contribution in [2.24, 2.45) is 0 Å². The SMILES string of the molecule is C1=C(Cc2ccccc2)[C@H]2C=C(Cc3ccccc3)[C@]1(c1ccccc1)O2. The quantitative estimate of drug-likeness (QED) is 0.542. The molecule has 1 nitrogen and oxygen atoms in total. The number of rotatable bonds is 5. The molecule has 2 aliphatic heterocycles. The second-order valence-corrected chi connectivity index (χ2v) is 7.38. The highest BCUT2D eigenvalue weighted by molar-refractivity contribution is 5.52. The molecular formula is C26H22O. The number of hydrogen-bond donors (Lipinski definition) is 0. The molecule has 1 heteroatoms. The molecule has 0 saturated heterocycles. The summed E-state index contributed by atoms with van der Waals surface area (Å²) in [4.78, 5) is 0. The van der Waals surface area contributed by atoms with Crippen molar-refractivity contribution in [3.8, 4) is 0 Å². The van der Waals surface area contributed by atoms with Crippen molar-refractivity contribution < 1.29 is 4.74 Å². The highest BCUT2D eigenvalue weighted by Gasteiger charge is 2.48. The number of fused-ring (bicyclic) bond motifs is 2. The minimum absolute atomic E-state index is 0.0733. The molecule has 3 aromatic rings. The van der Waals surface area contributed by atoms with Crippen LogP contribution in [0.5, 0.6) is 0 Å². The Morgan fingerprint density at radius 1 is 0.667 bits per heavy atom. The summed E-state index contributed by atoms with van der Waals surface area (Å²) in [6.07, 6.45) is 6.65. The number of benzene rings is 3. The third-order valence-corrected chi connectivity index (χ3v) is 5.59. The molecule has 0 amide bonds. The van der Waals surface area contributed by atoms with E-state index in [9.17, 15) is 0 Å². The molecule has 0 aliphatic carbocycles. The Morgan fingerprint density at radius 3 is 1.85 bits per heavy atom. The second kappa shape index (κ2) is 6.68. The van der Waals surface area contributed by atoms with Crippen LogP contribution >= 0.6 is 0 Å². The van der Waals surface area contributed by atoms with Gasteiger partial charge in [-0.15, -0.1) is 0 Å². The van der Waals surface area contributed by atoms with Gasteiger partial charge in [-0.3, -0.25) is 0 Å². The third-order valence-electron chi connectivity index (χ3n) is 5.59. The van der Waals surface area contributed by atoms with E-state index in [-0.39, 0.29) is 6.10 Å². The van der Waals surface area contributed by atoms with E-state index < -0.39 is 5.60 Å². The number of ether oxygens (including phenoxy) is 1. The van der Waals surface area contributed by atoms with Crippen LogP contribution in [0.25, 0.3) is 0 Å². The first-order valence-corrected chi connectivity index (χ1v) is 9.57. The Balaban J connectivity index is 1.52. The lowest BCUT2D eigenvalue weighted by Crippen LogP contribution is -2.25. The smallest absolute Gasteiger partial charge is 0.134 e. The van der Waals surface area contributed by atoms with Gasteiger partial charge in [0.2, 0.25) is 0 Å². The summed E-state index contributed by atoms with van der Waals surface area (Å²) in [7, 11) is 0. The van der Waals surface area contributed by atoms with Crippen molar-refractivity contribution in [2.75, 3.05) is 0 Å². The zero-order valence-electron chi connectivity index (χ0n) is 15.2. The molecule has 3 aromatic carbocycles. The predicted molar refractivity (Wildman–Crippen MR) is 109 cm³/mol. The van der Waals surface area contributed by atoms with Gasteiger partial charge in [-0.1, -0.05) is 91.0 Å². The van der Waals surface area contributed by atoms with Crippen molar-refractivity contribution in [1.29, 1.82) is 0 Å². The zero-order chi connectivity index (χ0) is 18.1. The third kappa shape index (κ3) is 2.94. The zero-order valence-corrected chi connectivity index (χ0v) is 15.2. The standard InChI is InChI=1S/C26H22O/c1-4-10-20(11-5-1)16-22-19-26(23-14-8-3-9-15-23)24(18-25(22)27-26)17-21-12-6-2-7-13-21/h1-15,18-19,25H,16-17H2/t25-,26+/m1/s1. The fourth-order valence-electron chi connectivity index (χ4n) is 4.28. The van der Waals surface area contributed by atoms with Gasteiger partial charge in [-0.25, -0.2) is 0 Å². The molecule has 0 spiro atoms. The first-order valence-electron chi connectivity index (χ1n) is 9.57.